The third kappa shape index (κ3) is 5.17. The van der Waals surface area contributed by atoms with E-state index < -0.39 is 27.2 Å². The van der Waals surface area contributed by atoms with Crippen molar-refractivity contribution in [2.24, 2.45) is 0 Å². The Morgan fingerprint density at radius 2 is 1.97 bits per heavy atom. The van der Waals surface area contributed by atoms with Crippen LogP contribution in [0.3, 0.4) is 0 Å². The number of nitrogens with zero attached hydrogens (tertiary/aromatic N) is 2. The summed E-state index contributed by atoms with van der Waals surface area (Å²) in [6.45, 7) is 2.23. The van der Waals surface area contributed by atoms with Gasteiger partial charge < -0.3 is 15.4 Å². The van der Waals surface area contributed by atoms with Crippen molar-refractivity contribution in [3.8, 4) is 5.75 Å². The van der Waals surface area contributed by atoms with E-state index in [4.69, 9.17) is 10.5 Å². The molecular formula is C22H31N5O6S. The number of hydrogen-bond donors (Lipinski definition) is 3. The molecule has 1 aromatic heterocycles. The Morgan fingerprint density at radius 1 is 1.29 bits per heavy atom. The van der Waals surface area contributed by atoms with E-state index in [1.54, 1.807) is 0 Å². The van der Waals surface area contributed by atoms with Gasteiger partial charge in [0, 0.05) is 25.2 Å². The lowest BCUT2D eigenvalue weighted by Crippen LogP contribution is -2.39. The van der Waals surface area contributed by atoms with Gasteiger partial charge in [0.05, 0.1) is 7.11 Å². The maximum absolute atomic E-state index is 13.3. The second-order valence-corrected chi connectivity index (χ2v) is 10.0. The number of hydrogen-bond acceptors (Lipinski definition) is 7. The first-order valence-corrected chi connectivity index (χ1v) is 12.7. The smallest absolute Gasteiger partial charge is 0.330 e. The lowest BCUT2D eigenvalue weighted by atomic mass is 10.2. The van der Waals surface area contributed by atoms with Gasteiger partial charge in [-0.05, 0) is 37.5 Å². The molecule has 0 spiro atoms. The van der Waals surface area contributed by atoms with Gasteiger partial charge in [-0.15, -0.1) is 0 Å². The summed E-state index contributed by atoms with van der Waals surface area (Å²) in [4.78, 5) is 41.0. The Morgan fingerprint density at radius 3 is 2.59 bits per heavy atom. The van der Waals surface area contributed by atoms with Gasteiger partial charge in [-0.25, -0.2) is 17.9 Å². The minimum atomic E-state index is -3.96. The van der Waals surface area contributed by atoms with Crippen molar-refractivity contribution in [3.63, 3.8) is 0 Å². The minimum Gasteiger partial charge on any atom is -0.495 e. The predicted octanol–water partition coefficient (Wildman–Crippen LogP) is 1.43. The Labute approximate surface area is 198 Å². The fourth-order valence-electron chi connectivity index (χ4n) is 4.08. The average molecular weight is 494 g/mol. The van der Waals surface area contributed by atoms with Gasteiger partial charge in [-0.1, -0.05) is 26.2 Å². The zero-order chi connectivity index (χ0) is 25.0. The van der Waals surface area contributed by atoms with E-state index in [0.717, 1.165) is 37.0 Å². The molecule has 1 aliphatic rings. The predicted molar refractivity (Wildman–Crippen MR) is 129 cm³/mol. The van der Waals surface area contributed by atoms with E-state index >= 15 is 0 Å². The quantitative estimate of drug-likeness (QED) is 0.477. The first-order valence-electron chi connectivity index (χ1n) is 11.2. The Hall–Kier alpha value is -3.12. The lowest BCUT2D eigenvalue weighted by molar-refractivity contribution is 0.0992. The van der Waals surface area contributed by atoms with Crippen LogP contribution in [0, 0.1) is 0 Å². The van der Waals surface area contributed by atoms with Crippen molar-refractivity contribution in [2.75, 3.05) is 24.8 Å². The van der Waals surface area contributed by atoms with E-state index in [1.807, 2.05) is 6.92 Å². The number of nitrogen functional groups attached to an aromatic ring is 1. The van der Waals surface area contributed by atoms with Crippen molar-refractivity contribution in [2.45, 2.75) is 62.9 Å². The summed E-state index contributed by atoms with van der Waals surface area (Å²) in [5.74, 6) is -0.713. The molecule has 1 aliphatic carbocycles. The number of sulfonamides is 1. The number of nitrogens with two attached hydrogens (primary N) is 1. The molecular weight excluding hydrogens is 462 g/mol. The van der Waals surface area contributed by atoms with E-state index in [0.29, 0.717) is 6.42 Å². The number of aromatic nitrogens is 2. The van der Waals surface area contributed by atoms with Crippen molar-refractivity contribution >= 4 is 27.4 Å². The number of aromatic amines is 1. The highest BCUT2D eigenvalue weighted by atomic mass is 32.2. The lowest BCUT2D eigenvalue weighted by Gasteiger charge is -2.21. The topological polar surface area (TPSA) is 157 Å². The zero-order valence-electron chi connectivity index (χ0n) is 19.6. The highest BCUT2D eigenvalue weighted by molar-refractivity contribution is 7.89. The standard InChI is InChI=1S/C22H31N5O6S/c1-4-5-12-27-19(23)18(20(28)24-22(27)30)26(2)21(29)14-10-11-16(33-3)17(13-14)34(31,32)25-15-8-6-7-9-15/h10-11,13,15,25H,4-9,12,23H2,1-3H3,(H,24,28,30). The molecule has 1 heterocycles. The van der Waals surface area contributed by atoms with E-state index in [1.165, 1.54) is 36.9 Å². The minimum absolute atomic E-state index is 0.0141. The summed E-state index contributed by atoms with van der Waals surface area (Å²) in [5, 5.41) is 0. The molecule has 4 N–H and O–H groups in total. The Kier molecular flexibility index (Phi) is 7.82. The normalized spacial score (nSPS) is 14.3. The van der Waals surface area contributed by atoms with Crippen LogP contribution in [0.5, 0.6) is 5.75 Å². The maximum atomic E-state index is 13.3. The van der Waals surface area contributed by atoms with Crippen molar-refractivity contribution in [1.29, 1.82) is 0 Å². The molecule has 12 heteroatoms. The Bertz CT molecular complexity index is 1280. The van der Waals surface area contributed by atoms with Crippen molar-refractivity contribution < 1.29 is 17.9 Å². The van der Waals surface area contributed by atoms with E-state index in [-0.39, 0.29) is 40.3 Å². The third-order valence-corrected chi connectivity index (χ3v) is 7.51. The summed E-state index contributed by atoms with van der Waals surface area (Å²) in [6.07, 6.45) is 4.85. The van der Waals surface area contributed by atoms with Crippen LogP contribution in [0.4, 0.5) is 11.5 Å². The molecule has 186 valence electrons. The number of methoxy groups -OCH3 is 1. The first kappa shape index (κ1) is 25.5. The summed E-state index contributed by atoms with van der Waals surface area (Å²) < 4.78 is 35.2. The van der Waals surface area contributed by atoms with Gasteiger partial charge in [-0.3, -0.25) is 19.1 Å². The Balaban J connectivity index is 2.00. The number of carbonyl (C=O) groups excluding carboxylic acids is 1. The van der Waals surface area contributed by atoms with E-state index in [9.17, 15) is 22.8 Å². The largest absolute Gasteiger partial charge is 0.495 e. The van der Waals surface area contributed by atoms with Crippen LogP contribution in [0.2, 0.25) is 0 Å². The average Bonchev–Trinajstić information content (AvgIpc) is 3.30. The van der Waals surface area contributed by atoms with Crippen LogP contribution < -0.4 is 31.3 Å². The van der Waals surface area contributed by atoms with Crippen LogP contribution in [-0.2, 0) is 16.6 Å². The SMILES string of the molecule is CCCCn1c(N)c(N(C)C(=O)c2ccc(OC)c(S(=O)(=O)NC3CCCC3)c2)c(=O)[nH]c1=O. The molecule has 0 saturated heterocycles. The molecule has 2 aromatic rings. The monoisotopic (exact) mass is 493 g/mol. The van der Waals surface area contributed by atoms with Crippen molar-refractivity contribution in [1.82, 2.24) is 14.3 Å². The molecule has 0 aliphatic heterocycles. The molecule has 11 nitrogen and oxygen atoms in total. The van der Waals surface area contributed by atoms with E-state index in [2.05, 4.69) is 9.71 Å². The van der Waals surface area contributed by atoms with Crippen LogP contribution in [-0.4, -0.2) is 44.1 Å². The maximum Gasteiger partial charge on any atom is 0.330 e. The third-order valence-electron chi connectivity index (χ3n) is 5.97. The summed E-state index contributed by atoms with van der Waals surface area (Å²) >= 11 is 0. The summed E-state index contributed by atoms with van der Waals surface area (Å²) in [7, 11) is -1.27. The number of nitrogens with one attached hydrogen (secondary N) is 2. The van der Waals surface area contributed by atoms with Crippen molar-refractivity contribution in [3.05, 3.63) is 44.6 Å². The molecule has 34 heavy (non-hydrogen) atoms. The summed E-state index contributed by atoms with van der Waals surface area (Å²) in [5.41, 5.74) is 4.46. The summed E-state index contributed by atoms with van der Waals surface area (Å²) in [6, 6.07) is 3.84. The van der Waals surface area contributed by atoms with Gasteiger partial charge in [0.2, 0.25) is 10.0 Å². The molecule has 1 amide bonds. The fourth-order valence-corrected chi connectivity index (χ4v) is 5.58. The van der Waals surface area contributed by atoms with Crippen LogP contribution in [0.1, 0.15) is 55.8 Å². The van der Waals surface area contributed by atoms with Gasteiger partial charge >= 0.3 is 5.69 Å². The molecule has 3 rings (SSSR count). The molecule has 0 bridgehead atoms. The number of H-pyrrole nitrogens is 1. The molecule has 0 unspecified atom stereocenters. The fraction of sp³-hybridized carbons (Fsp3) is 0.500. The second kappa shape index (κ2) is 10.4. The number of rotatable bonds is 9. The number of amides is 1. The number of benzene rings is 1. The van der Waals surface area contributed by atoms with Crippen LogP contribution in [0.15, 0.2) is 32.7 Å². The van der Waals surface area contributed by atoms with Gasteiger partial charge in [0.1, 0.15) is 16.5 Å². The van der Waals surface area contributed by atoms with Gasteiger partial charge in [0.15, 0.2) is 5.69 Å². The van der Waals surface area contributed by atoms with Crippen LogP contribution >= 0.6 is 0 Å². The number of unbranched alkanes of at least 4 members (excludes halogenated alkanes) is 1. The molecule has 1 saturated carbocycles. The molecule has 0 radical (unpaired) electrons. The van der Waals surface area contributed by atoms with Gasteiger partial charge in [-0.2, -0.15) is 0 Å². The number of carbonyl (C=O) groups is 1. The van der Waals surface area contributed by atoms with Crippen LogP contribution in [0.25, 0.3) is 0 Å². The van der Waals surface area contributed by atoms with Gasteiger partial charge in [0.25, 0.3) is 11.5 Å². The molecule has 0 atom stereocenters. The highest BCUT2D eigenvalue weighted by Gasteiger charge is 2.28. The molecule has 1 aromatic carbocycles. The zero-order valence-corrected chi connectivity index (χ0v) is 20.4. The molecule has 1 fully saturated rings. The first-order chi connectivity index (χ1) is 16.1. The second-order valence-electron chi connectivity index (χ2n) is 8.33. The number of anilines is 2. The number of ether oxygens (including phenoxy) is 1. The highest BCUT2D eigenvalue weighted by Crippen LogP contribution is 2.28.